The minimum Gasteiger partial charge on any atom is -0.466 e. The lowest BCUT2D eigenvalue weighted by Crippen LogP contribution is -2.45. The number of nitrogens with one attached hydrogen (secondary N) is 1. The van der Waals surface area contributed by atoms with Crippen molar-refractivity contribution in [1.82, 2.24) is 5.32 Å². The number of esters is 1. The van der Waals surface area contributed by atoms with E-state index < -0.39 is 12.1 Å². The van der Waals surface area contributed by atoms with Crippen molar-refractivity contribution in [2.45, 2.75) is 328 Å². The number of rotatable bonds is 55. The molecule has 0 spiro atoms. The van der Waals surface area contributed by atoms with Gasteiger partial charge in [-0.25, -0.2) is 0 Å². The maximum absolute atomic E-state index is 12.5. The first kappa shape index (κ1) is 65.1. The van der Waals surface area contributed by atoms with Crippen molar-refractivity contribution >= 4 is 11.9 Å². The average Bonchev–Trinajstić information content (AvgIpc) is 3.33. The van der Waals surface area contributed by atoms with E-state index >= 15 is 0 Å². The van der Waals surface area contributed by atoms with E-state index in [9.17, 15) is 19.8 Å². The lowest BCUT2D eigenvalue weighted by atomic mass is 10.0. The Morgan fingerprint density at radius 2 is 0.746 bits per heavy atom. The van der Waals surface area contributed by atoms with Crippen molar-refractivity contribution in [3.63, 3.8) is 0 Å². The Morgan fingerprint density at radius 3 is 1.15 bits per heavy atom. The molecular weight excluding hydrogens is 827 g/mol. The van der Waals surface area contributed by atoms with Crippen molar-refractivity contribution in [3.05, 3.63) is 36.5 Å². The Labute approximate surface area is 417 Å². The molecule has 2 unspecified atom stereocenters. The second-order valence-corrected chi connectivity index (χ2v) is 20.3. The van der Waals surface area contributed by atoms with E-state index in [-0.39, 0.29) is 18.5 Å². The summed E-state index contributed by atoms with van der Waals surface area (Å²) >= 11 is 0. The zero-order valence-corrected chi connectivity index (χ0v) is 44.9. The van der Waals surface area contributed by atoms with E-state index in [2.05, 4.69) is 55.6 Å². The quantitative estimate of drug-likeness (QED) is 0.0321. The van der Waals surface area contributed by atoms with Gasteiger partial charge in [0.2, 0.25) is 5.91 Å². The van der Waals surface area contributed by atoms with Crippen LogP contribution in [0.15, 0.2) is 36.5 Å². The molecule has 6 nitrogen and oxygen atoms in total. The molecule has 0 saturated carbocycles. The molecular formula is C61H115NO5. The lowest BCUT2D eigenvalue weighted by molar-refractivity contribution is -0.143. The van der Waals surface area contributed by atoms with Crippen LogP contribution in [0.5, 0.6) is 0 Å². The molecule has 0 aromatic heterocycles. The van der Waals surface area contributed by atoms with Gasteiger partial charge in [-0.15, -0.1) is 0 Å². The summed E-state index contributed by atoms with van der Waals surface area (Å²) in [7, 11) is 0. The van der Waals surface area contributed by atoms with Crippen molar-refractivity contribution in [2.75, 3.05) is 13.2 Å². The van der Waals surface area contributed by atoms with Crippen LogP contribution in [0.4, 0.5) is 0 Å². The Balaban J connectivity index is 3.50. The van der Waals surface area contributed by atoms with Gasteiger partial charge in [0, 0.05) is 12.8 Å². The van der Waals surface area contributed by atoms with Crippen LogP contribution in [-0.4, -0.2) is 47.4 Å². The highest BCUT2D eigenvalue weighted by Crippen LogP contribution is 2.17. The predicted molar refractivity (Wildman–Crippen MR) is 292 cm³/mol. The number of carbonyl (C=O) groups excluding carboxylic acids is 2. The van der Waals surface area contributed by atoms with E-state index in [1.807, 2.05) is 0 Å². The average molecular weight is 943 g/mol. The van der Waals surface area contributed by atoms with E-state index in [0.717, 1.165) is 83.5 Å². The third kappa shape index (κ3) is 53.3. The highest BCUT2D eigenvalue weighted by Gasteiger charge is 2.20. The maximum Gasteiger partial charge on any atom is 0.305 e. The molecule has 0 fully saturated rings. The SMILES string of the molecule is CCCCCCCC/C=C\CCCCCCCC(=O)OCCCCC/C=C\C/C=C\CCCCCCCCCC(=O)NC(CO)C(O)CCCCCCCCCCCCCCCCCCCC. The molecule has 0 rings (SSSR count). The minimum absolute atomic E-state index is 0.0232. The number of aliphatic hydroxyl groups is 2. The summed E-state index contributed by atoms with van der Waals surface area (Å²) in [6, 6.07) is -0.555. The molecule has 0 aliphatic heterocycles. The molecule has 0 aliphatic carbocycles. The van der Waals surface area contributed by atoms with E-state index in [1.54, 1.807) is 0 Å². The van der Waals surface area contributed by atoms with Gasteiger partial charge in [-0.05, 0) is 89.9 Å². The summed E-state index contributed by atoms with van der Waals surface area (Å²) in [4.78, 5) is 24.5. The van der Waals surface area contributed by atoms with Gasteiger partial charge in [-0.3, -0.25) is 9.59 Å². The second-order valence-electron chi connectivity index (χ2n) is 20.3. The Morgan fingerprint density at radius 1 is 0.418 bits per heavy atom. The molecule has 0 heterocycles. The van der Waals surface area contributed by atoms with Gasteiger partial charge < -0.3 is 20.3 Å². The highest BCUT2D eigenvalue weighted by molar-refractivity contribution is 5.76. The Bertz CT molecular complexity index is 1090. The number of unbranched alkanes of at least 4 members (excludes halogenated alkanes) is 38. The number of carbonyl (C=O) groups is 2. The molecule has 1 amide bonds. The van der Waals surface area contributed by atoms with Crippen LogP contribution in [0, 0.1) is 0 Å². The summed E-state index contributed by atoms with van der Waals surface area (Å²) in [6.45, 7) is 4.91. The molecule has 0 radical (unpaired) electrons. The van der Waals surface area contributed by atoms with Crippen LogP contribution < -0.4 is 5.32 Å². The number of aliphatic hydroxyl groups excluding tert-OH is 2. The fraction of sp³-hybridized carbons (Fsp3) is 0.869. The second kappa shape index (κ2) is 56.7. The normalized spacial score (nSPS) is 12.8. The predicted octanol–water partition coefficient (Wildman–Crippen LogP) is 18.4. The van der Waals surface area contributed by atoms with Crippen molar-refractivity contribution < 1.29 is 24.5 Å². The van der Waals surface area contributed by atoms with Gasteiger partial charge in [0.25, 0.3) is 0 Å². The molecule has 0 aromatic carbocycles. The number of hydrogen-bond donors (Lipinski definition) is 3. The monoisotopic (exact) mass is 942 g/mol. The zero-order chi connectivity index (χ0) is 48.6. The third-order valence-electron chi connectivity index (χ3n) is 13.7. The lowest BCUT2D eigenvalue weighted by Gasteiger charge is -2.22. The van der Waals surface area contributed by atoms with Crippen molar-refractivity contribution in [2.24, 2.45) is 0 Å². The third-order valence-corrected chi connectivity index (χ3v) is 13.7. The molecule has 394 valence electrons. The zero-order valence-electron chi connectivity index (χ0n) is 44.9. The van der Waals surface area contributed by atoms with Crippen molar-refractivity contribution in [3.8, 4) is 0 Å². The molecule has 0 aromatic rings. The van der Waals surface area contributed by atoms with Gasteiger partial charge in [0.05, 0.1) is 25.4 Å². The number of hydrogen-bond acceptors (Lipinski definition) is 5. The maximum atomic E-state index is 12.5. The molecule has 0 bridgehead atoms. The van der Waals surface area contributed by atoms with E-state index in [1.165, 1.54) is 199 Å². The molecule has 0 aliphatic rings. The topological polar surface area (TPSA) is 95.9 Å². The minimum atomic E-state index is -0.676. The highest BCUT2D eigenvalue weighted by atomic mass is 16.5. The van der Waals surface area contributed by atoms with Crippen LogP contribution in [-0.2, 0) is 14.3 Å². The Hall–Kier alpha value is -1.92. The summed E-state index contributed by atoms with van der Waals surface area (Å²) < 4.78 is 5.45. The van der Waals surface area contributed by atoms with E-state index in [0.29, 0.717) is 25.9 Å². The standard InChI is InChI=1S/C61H115NO5/c1-3-5-7-9-11-13-15-17-19-20-22-26-29-33-37-41-45-49-53-59(64)58(57-63)62-60(65)54-50-46-42-38-34-30-27-23-21-24-28-32-36-40-44-48-52-56-67-61(66)55-51-47-43-39-35-31-25-18-16-14-12-10-8-6-4-2/h18,21,24-25,32,36,58-59,63-64H,3-17,19-20,22-23,26-31,33-35,37-57H2,1-2H3,(H,62,65)/b24-21-,25-18-,36-32-. The van der Waals surface area contributed by atoms with Gasteiger partial charge in [-0.2, -0.15) is 0 Å². The number of allylic oxidation sites excluding steroid dienone is 6. The fourth-order valence-electron chi connectivity index (χ4n) is 9.08. The number of amides is 1. The first-order valence-electron chi connectivity index (χ1n) is 29.7. The van der Waals surface area contributed by atoms with Gasteiger partial charge >= 0.3 is 5.97 Å². The van der Waals surface area contributed by atoms with Gasteiger partial charge in [0.15, 0.2) is 0 Å². The smallest absolute Gasteiger partial charge is 0.305 e. The molecule has 6 heteroatoms. The van der Waals surface area contributed by atoms with Crippen LogP contribution in [0.25, 0.3) is 0 Å². The van der Waals surface area contributed by atoms with Gasteiger partial charge in [-0.1, -0.05) is 249 Å². The Kier molecular flexibility index (Phi) is 55.0. The van der Waals surface area contributed by atoms with Crippen LogP contribution in [0.3, 0.4) is 0 Å². The molecule has 67 heavy (non-hydrogen) atoms. The molecule has 3 N–H and O–H groups in total. The van der Waals surface area contributed by atoms with Gasteiger partial charge in [0.1, 0.15) is 0 Å². The summed E-state index contributed by atoms with van der Waals surface area (Å²) in [5.74, 6) is -0.0729. The molecule has 0 saturated heterocycles. The van der Waals surface area contributed by atoms with Crippen LogP contribution in [0.2, 0.25) is 0 Å². The molecule has 2 atom stereocenters. The van der Waals surface area contributed by atoms with E-state index in [4.69, 9.17) is 4.74 Å². The first-order chi connectivity index (χ1) is 33.0. The summed E-state index contributed by atoms with van der Waals surface area (Å²) in [5.41, 5.74) is 0. The van der Waals surface area contributed by atoms with Crippen LogP contribution in [0.1, 0.15) is 316 Å². The largest absolute Gasteiger partial charge is 0.466 e. The van der Waals surface area contributed by atoms with Crippen molar-refractivity contribution in [1.29, 1.82) is 0 Å². The summed E-state index contributed by atoms with van der Waals surface area (Å²) in [5, 5.41) is 23.3. The summed E-state index contributed by atoms with van der Waals surface area (Å²) in [6.07, 6.45) is 69.9. The van der Waals surface area contributed by atoms with Crippen LogP contribution >= 0.6 is 0 Å². The fourth-order valence-corrected chi connectivity index (χ4v) is 9.08. The number of ether oxygens (including phenoxy) is 1. The first-order valence-corrected chi connectivity index (χ1v) is 29.7.